The van der Waals surface area contributed by atoms with Gasteiger partial charge in [-0.25, -0.2) is 13.4 Å². The van der Waals surface area contributed by atoms with Crippen LogP contribution >= 0.6 is 0 Å². The molecule has 1 aliphatic rings. The van der Waals surface area contributed by atoms with E-state index in [1.807, 2.05) is 37.4 Å². The van der Waals surface area contributed by atoms with E-state index >= 15 is 0 Å². The van der Waals surface area contributed by atoms with Crippen LogP contribution in [0.3, 0.4) is 0 Å². The third-order valence-electron chi connectivity index (χ3n) is 5.34. The smallest absolute Gasteiger partial charge is 0.153 e. The number of aryl methyl sites for hydroxylation is 1. The molecule has 3 aromatic heterocycles. The number of rotatable bonds is 2. The Morgan fingerprint density at radius 3 is 2.57 bits per heavy atom. The molecule has 0 spiro atoms. The van der Waals surface area contributed by atoms with Gasteiger partial charge in [-0.3, -0.25) is 4.98 Å². The molecule has 5 rings (SSSR count). The summed E-state index contributed by atoms with van der Waals surface area (Å²) >= 11 is 0. The fraction of sp³-hybridized carbons (Fsp3) is 0.238. The van der Waals surface area contributed by atoms with Crippen molar-refractivity contribution in [1.29, 1.82) is 0 Å². The molecule has 4 heterocycles. The van der Waals surface area contributed by atoms with Crippen LogP contribution in [0.15, 0.2) is 48.7 Å². The zero-order valence-corrected chi connectivity index (χ0v) is 16.3. The Morgan fingerprint density at radius 1 is 1.00 bits per heavy atom. The van der Waals surface area contributed by atoms with Crippen molar-refractivity contribution >= 4 is 37.5 Å². The molecule has 1 saturated heterocycles. The second-order valence-corrected chi connectivity index (χ2v) is 9.58. The van der Waals surface area contributed by atoms with Gasteiger partial charge in [-0.2, -0.15) is 0 Å². The first-order valence-electron chi connectivity index (χ1n) is 9.29. The molecule has 0 saturated carbocycles. The van der Waals surface area contributed by atoms with E-state index in [9.17, 15) is 8.42 Å². The van der Waals surface area contributed by atoms with Crippen molar-refractivity contribution in [3.05, 3.63) is 54.4 Å². The van der Waals surface area contributed by atoms with Crippen molar-refractivity contribution in [2.45, 2.75) is 6.92 Å². The zero-order valence-electron chi connectivity index (χ0n) is 15.5. The molecule has 6 nitrogen and oxygen atoms in total. The molecule has 4 aromatic rings. The number of H-pyrrole nitrogens is 1. The van der Waals surface area contributed by atoms with Crippen molar-refractivity contribution in [2.75, 3.05) is 29.5 Å². The fourth-order valence-corrected chi connectivity index (χ4v) is 4.90. The van der Waals surface area contributed by atoms with Crippen molar-refractivity contribution < 1.29 is 8.42 Å². The maximum absolute atomic E-state index is 11.7. The number of aromatic nitrogens is 3. The lowest BCUT2D eigenvalue weighted by molar-refractivity contribution is 0.587. The average molecular weight is 392 g/mol. The van der Waals surface area contributed by atoms with Crippen LogP contribution in [0.4, 0.5) is 5.69 Å². The van der Waals surface area contributed by atoms with E-state index in [0.717, 1.165) is 44.6 Å². The van der Waals surface area contributed by atoms with Crippen LogP contribution < -0.4 is 4.90 Å². The molecule has 28 heavy (non-hydrogen) atoms. The van der Waals surface area contributed by atoms with Crippen LogP contribution in [0.5, 0.6) is 0 Å². The highest BCUT2D eigenvalue weighted by molar-refractivity contribution is 7.91. The Morgan fingerprint density at radius 2 is 1.82 bits per heavy atom. The van der Waals surface area contributed by atoms with E-state index in [1.165, 1.54) is 0 Å². The first-order valence-corrected chi connectivity index (χ1v) is 11.1. The molecule has 1 fully saturated rings. The molecule has 0 radical (unpaired) electrons. The topological polar surface area (TPSA) is 79.0 Å². The van der Waals surface area contributed by atoms with Crippen LogP contribution in [0, 0.1) is 6.92 Å². The van der Waals surface area contributed by atoms with E-state index in [-0.39, 0.29) is 11.5 Å². The number of nitrogens with one attached hydrogen (secondary N) is 1. The fourth-order valence-electron chi connectivity index (χ4n) is 3.70. The van der Waals surface area contributed by atoms with E-state index in [0.29, 0.717) is 13.1 Å². The predicted octanol–water partition coefficient (Wildman–Crippen LogP) is 3.32. The number of hydrogen-bond donors (Lipinski definition) is 1. The first-order chi connectivity index (χ1) is 13.5. The quantitative estimate of drug-likeness (QED) is 0.566. The molecule has 0 bridgehead atoms. The van der Waals surface area contributed by atoms with Crippen LogP contribution in [-0.4, -0.2) is 48.0 Å². The van der Waals surface area contributed by atoms with Gasteiger partial charge < -0.3 is 9.88 Å². The van der Waals surface area contributed by atoms with Gasteiger partial charge in [-0.1, -0.05) is 0 Å². The van der Waals surface area contributed by atoms with E-state index in [4.69, 9.17) is 4.98 Å². The second kappa shape index (κ2) is 6.31. The van der Waals surface area contributed by atoms with Gasteiger partial charge in [-0.15, -0.1) is 0 Å². The summed E-state index contributed by atoms with van der Waals surface area (Å²) in [7, 11) is -2.89. The number of sulfone groups is 1. The zero-order chi connectivity index (χ0) is 19.3. The monoisotopic (exact) mass is 392 g/mol. The number of aromatic amines is 1. The lowest BCUT2D eigenvalue weighted by Gasteiger charge is -2.28. The van der Waals surface area contributed by atoms with Crippen LogP contribution in [-0.2, 0) is 9.84 Å². The van der Waals surface area contributed by atoms with Gasteiger partial charge in [0.25, 0.3) is 0 Å². The molecule has 7 heteroatoms. The molecular formula is C21H20N4O2S. The molecule has 0 aliphatic carbocycles. The predicted molar refractivity (Wildman–Crippen MR) is 112 cm³/mol. The van der Waals surface area contributed by atoms with Gasteiger partial charge in [0, 0.05) is 41.6 Å². The van der Waals surface area contributed by atoms with Crippen molar-refractivity contribution in [1.82, 2.24) is 15.0 Å². The minimum Gasteiger partial charge on any atom is -0.369 e. The average Bonchev–Trinajstić information content (AvgIpc) is 3.05. The normalized spacial score (nSPS) is 16.7. The van der Waals surface area contributed by atoms with Crippen molar-refractivity contribution in [3.63, 3.8) is 0 Å². The molecule has 0 unspecified atom stereocenters. The Hall–Kier alpha value is -2.93. The van der Waals surface area contributed by atoms with Gasteiger partial charge in [-0.05, 0) is 49.4 Å². The summed E-state index contributed by atoms with van der Waals surface area (Å²) < 4.78 is 23.4. The third-order valence-corrected chi connectivity index (χ3v) is 6.95. The van der Waals surface area contributed by atoms with Gasteiger partial charge in [0.05, 0.1) is 33.7 Å². The lowest BCUT2D eigenvalue weighted by Crippen LogP contribution is -2.40. The number of fused-ring (bicyclic) bond motifs is 3. The Bertz CT molecular complexity index is 1280. The summed E-state index contributed by atoms with van der Waals surface area (Å²) in [6, 6.07) is 14.3. The highest BCUT2D eigenvalue weighted by Gasteiger charge is 2.22. The van der Waals surface area contributed by atoms with E-state index in [2.05, 4.69) is 33.1 Å². The van der Waals surface area contributed by atoms with Gasteiger partial charge in [0.15, 0.2) is 9.84 Å². The number of anilines is 1. The van der Waals surface area contributed by atoms with Crippen LogP contribution in [0.2, 0.25) is 0 Å². The van der Waals surface area contributed by atoms with Crippen molar-refractivity contribution in [3.8, 4) is 11.3 Å². The number of pyridine rings is 2. The van der Waals surface area contributed by atoms with Crippen LogP contribution in [0.25, 0.3) is 33.2 Å². The molecule has 1 N–H and O–H groups in total. The van der Waals surface area contributed by atoms with E-state index in [1.54, 1.807) is 0 Å². The highest BCUT2D eigenvalue weighted by atomic mass is 32.2. The van der Waals surface area contributed by atoms with Gasteiger partial charge in [0.1, 0.15) is 0 Å². The van der Waals surface area contributed by atoms with Crippen LogP contribution in [0.1, 0.15) is 5.69 Å². The highest BCUT2D eigenvalue weighted by Crippen LogP contribution is 2.30. The molecule has 142 valence electrons. The number of hydrogen-bond acceptors (Lipinski definition) is 5. The van der Waals surface area contributed by atoms with E-state index < -0.39 is 9.84 Å². The maximum atomic E-state index is 11.7. The number of nitrogens with zero attached hydrogens (tertiary/aromatic N) is 3. The first kappa shape index (κ1) is 17.2. The summed E-state index contributed by atoms with van der Waals surface area (Å²) in [5.74, 6) is 0.431. The number of benzene rings is 1. The molecule has 0 amide bonds. The Labute approximate surface area is 163 Å². The summed E-state index contributed by atoms with van der Waals surface area (Å²) in [5, 5.41) is 1.06. The maximum Gasteiger partial charge on any atom is 0.153 e. The molecule has 1 aromatic carbocycles. The summed E-state index contributed by atoms with van der Waals surface area (Å²) in [6.07, 6.45) is 1.85. The molecule has 1 aliphatic heterocycles. The minimum atomic E-state index is -2.89. The summed E-state index contributed by atoms with van der Waals surface area (Å²) in [5.41, 5.74) is 6.83. The Balaban J connectivity index is 1.54. The summed E-state index contributed by atoms with van der Waals surface area (Å²) in [4.78, 5) is 14.8. The lowest BCUT2D eigenvalue weighted by atomic mass is 10.1. The molecular weight excluding hydrogens is 372 g/mol. The second-order valence-electron chi connectivity index (χ2n) is 7.27. The SMILES string of the molecule is Cc1ccc(-c2ccc3[nH]c4cc(N5CCS(=O)(=O)CC5)ccc4c3n2)cn1. The summed E-state index contributed by atoms with van der Waals surface area (Å²) in [6.45, 7) is 3.04. The Kier molecular flexibility index (Phi) is 3.87. The standard InChI is InChI=1S/C21H20N4O2S/c1-14-2-3-15(13-22-14)18-6-7-19-21(24-18)17-5-4-16(12-20(17)23-19)25-8-10-28(26,27)11-9-25/h2-7,12-13,23H,8-11H2,1H3. The van der Waals surface area contributed by atoms with Gasteiger partial charge in [0.2, 0.25) is 0 Å². The molecule has 0 atom stereocenters. The van der Waals surface area contributed by atoms with Crippen molar-refractivity contribution in [2.24, 2.45) is 0 Å². The third kappa shape index (κ3) is 3.01. The largest absolute Gasteiger partial charge is 0.369 e. The minimum absolute atomic E-state index is 0.216. The van der Waals surface area contributed by atoms with Gasteiger partial charge >= 0.3 is 0 Å².